The number of rotatable bonds is 2. The van der Waals surface area contributed by atoms with Crippen LogP contribution in [0.15, 0.2) is 48.7 Å². The number of hydrogen-bond acceptors (Lipinski definition) is 2. The first-order valence-corrected chi connectivity index (χ1v) is 6.79. The summed E-state index contributed by atoms with van der Waals surface area (Å²) in [6.45, 7) is 0. The molecule has 0 saturated heterocycles. The highest BCUT2D eigenvalue weighted by Gasteiger charge is 2.13. The van der Waals surface area contributed by atoms with Gasteiger partial charge in [-0.2, -0.15) is 5.10 Å². The van der Waals surface area contributed by atoms with Crippen LogP contribution in [0.2, 0.25) is 10.0 Å². The van der Waals surface area contributed by atoms with Gasteiger partial charge in [-0.1, -0.05) is 23.2 Å². The van der Waals surface area contributed by atoms with Crippen LogP contribution in [0.25, 0.3) is 16.9 Å². The van der Waals surface area contributed by atoms with E-state index in [1.807, 2.05) is 0 Å². The lowest BCUT2D eigenvalue weighted by molar-refractivity contribution is 0.470. The normalized spacial score (nSPS) is 10.8. The summed E-state index contributed by atoms with van der Waals surface area (Å²) in [6.07, 6.45) is 1.58. The molecule has 0 bridgehead atoms. The van der Waals surface area contributed by atoms with Gasteiger partial charge >= 0.3 is 0 Å². The minimum atomic E-state index is -0.506. The van der Waals surface area contributed by atoms with E-state index in [-0.39, 0.29) is 5.75 Å². The van der Waals surface area contributed by atoms with E-state index in [0.29, 0.717) is 27.0 Å². The van der Waals surface area contributed by atoms with Crippen LogP contribution in [-0.4, -0.2) is 14.9 Å². The van der Waals surface area contributed by atoms with Crippen molar-refractivity contribution < 1.29 is 9.50 Å². The van der Waals surface area contributed by atoms with Crippen LogP contribution < -0.4 is 0 Å². The largest absolute Gasteiger partial charge is 0.507 e. The van der Waals surface area contributed by atoms with Gasteiger partial charge in [0.25, 0.3) is 0 Å². The van der Waals surface area contributed by atoms with Gasteiger partial charge in [-0.15, -0.1) is 0 Å². The van der Waals surface area contributed by atoms with Gasteiger partial charge in [0.05, 0.1) is 17.6 Å². The highest BCUT2D eigenvalue weighted by molar-refractivity contribution is 6.34. The zero-order valence-corrected chi connectivity index (χ0v) is 12.1. The first-order chi connectivity index (χ1) is 10.0. The Morgan fingerprint density at radius 2 is 1.71 bits per heavy atom. The lowest BCUT2D eigenvalue weighted by Gasteiger charge is -2.10. The van der Waals surface area contributed by atoms with E-state index in [2.05, 4.69) is 5.10 Å². The van der Waals surface area contributed by atoms with E-state index in [1.165, 1.54) is 12.1 Å². The van der Waals surface area contributed by atoms with Crippen LogP contribution in [0.1, 0.15) is 0 Å². The minimum Gasteiger partial charge on any atom is -0.507 e. The molecule has 21 heavy (non-hydrogen) atoms. The number of phenolic OH excluding ortho intramolecular Hbond substituents is 1. The average Bonchev–Trinajstić information content (AvgIpc) is 2.86. The Kier molecular flexibility index (Phi) is 3.57. The Hall–Kier alpha value is -2.04. The summed E-state index contributed by atoms with van der Waals surface area (Å²) in [7, 11) is 0. The number of hydrogen-bond donors (Lipinski definition) is 1. The van der Waals surface area contributed by atoms with Crippen molar-refractivity contribution >= 4 is 23.2 Å². The molecular formula is C15H9Cl2FN2O. The molecule has 1 aromatic heterocycles. The van der Waals surface area contributed by atoms with Crippen molar-refractivity contribution in [3.05, 3.63) is 64.5 Å². The molecule has 6 heteroatoms. The molecule has 106 valence electrons. The molecular weight excluding hydrogens is 314 g/mol. The van der Waals surface area contributed by atoms with Gasteiger partial charge in [-0.05, 0) is 36.4 Å². The molecule has 3 nitrogen and oxygen atoms in total. The fraction of sp³-hybridized carbons (Fsp3) is 0. The molecule has 1 N–H and O–H groups in total. The minimum absolute atomic E-state index is 0.162. The van der Waals surface area contributed by atoms with E-state index >= 15 is 0 Å². The van der Waals surface area contributed by atoms with Crippen molar-refractivity contribution in [2.45, 2.75) is 0 Å². The predicted molar refractivity (Wildman–Crippen MR) is 80.6 cm³/mol. The maximum Gasteiger partial charge on any atom is 0.127 e. The number of aromatic hydroxyl groups is 1. The fourth-order valence-corrected chi connectivity index (χ4v) is 2.61. The molecule has 3 rings (SSSR count). The Balaban J connectivity index is 2.17. The molecule has 0 aliphatic heterocycles. The second kappa shape index (κ2) is 5.39. The summed E-state index contributed by atoms with van der Waals surface area (Å²) >= 11 is 12.0. The summed E-state index contributed by atoms with van der Waals surface area (Å²) in [4.78, 5) is 0. The maximum absolute atomic E-state index is 13.1. The molecule has 0 radical (unpaired) electrons. The average molecular weight is 323 g/mol. The van der Waals surface area contributed by atoms with E-state index in [4.69, 9.17) is 23.2 Å². The second-order valence-corrected chi connectivity index (χ2v) is 5.29. The Morgan fingerprint density at radius 3 is 2.38 bits per heavy atom. The summed E-state index contributed by atoms with van der Waals surface area (Å²) in [5, 5.41) is 15.1. The zero-order chi connectivity index (χ0) is 15.0. The third-order valence-corrected chi connectivity index (χ3v) is 3.41. The van der Waals surface area contributed by atoms with Crippen LogP contribution in [-0.2, 0) is 0 Å². The SMILES string of the molecule is Oc1cc(F)ccc1-c1ccnn1-c1cc(Cl)cc(Cl)c1. The Labute approximate surface area is 130 Å². The molecule has 0 aliphatic carbocycles. The third-order valence-electron chi connectivity index (χ3n) is 2.97. The van der Waals surface area contributed by atoms with Gasteiger partial charge < -0.3 is 5.11 Å². The number of aromatic nitrogens is 2. The first kappa shape index (κ1) is 13.9. The zero-order valence-electron chi connectivity index (χ0n) is 10.6. The fourth-order valence-electron chi connectivity index (χ4n) is 2.10. The highest BCUT2D eigenvalue weighted by atomic mass is 35.5. The summed E-state index contributed by atoms with van der Waals surface area (Å²) in [6, 6.07) is 10.5. The molecule has 0 saturated carbocycles. The molecule has 0 fully saturated rings. The summed E-state index contributed by atoms with van der Waals surface area (Å²) in [5.41, 5.74) is 1.71. The van der Waals surface area contributed by atoms with Crippen molar-refractivity contribution in [1.82, 2.24) is 9.78 Å². The number of halogens is 3. The quantitative estimate of drug-likeness (QED) is 0.743. The van der Waals surface area contributed by atoms with Gasteiger partial charge in [-0.3, -0.25) is 0 Å². The van der Waals surface area contributed by atoms with Crippen LogP contribution in [0.4, 0.5) is 4.39 Å². The second-order valence-electron chi connectivity index (χ2n) is 4.42. The van der Waals surface area contributed by atoms with Crippen LogP contribution in [0.5, 0.6) is 5.75 Å². The van der Waals surface area contributed by atoms with Gasteiger partial charge in [0.15, 0.2) is 0 Å². The van der Waals surface area contributed by atoms with Gasteiger partial charge in [0.1, 0.15) is 11.6 Å². The summed E-state index contributed by atoms with van der Waals surface area (Å²) in [5.74, 6) is -0.669. The highest BCUT2D eigenvalue weighted by Crippen LogP contribution is 2.32. The summed E-state index contributed by atoms with van der Waals surface area (Å²) < 4.78 is 14.7. The van der Waals surface area contributed by atoms with Crippen molar-refractivity contribution in [2.75, 3.05) is 0 Å². The molecule has 0 atom stereocenters. The van der Waals surface area contributed by atoms with Crippen LogP contribution in [0, 0.1) is 5.82 Å². The van der Waals surface area contributed by atoms with Gasteiger partial charge in [-0.25, -0.2) is 9.07 Å². The monoisotopic (exact) mass is 322 g/mol. The smallest absolute Gasteiger partial charge is 0.127 e. The molecule has 3 aromatic rings. The molecule has 2 aromatic carbocycles. The number of benzene rings is 2. The van der Waals surface area contributed by atoms with Gasteiger partial charge in [0, 0.05) is 21.7 Å². The van der Waals surface area contributed by atoms with E-state index in [1.54, 1.807) is 35.1 Å². The predicted octanol–water partition coefficient (Wildman–Crippen LogP) is 4.69. The van der Waals surface area contributed by atoms with E-state index in [0.717, 1.165) is 6.07 Å². The molecule has 0 unspecified atom stereocenters. The number of phenols is 1. The van der Waals surface area contributed by atoms with Crippen LogP contribution >= 0.6 is 23.2 Å². The molecule has 0 aliphatic rings. The Bertz CT molecular complexity index is 797. The molecule has 0 amide bonds. The van der Waals surface area contributed by atoms with E-state index < -0.39 is 5.82 Å². The maximum atomic E-state index is 13.1. The topological polar surface area (TPSA) is 38.1 Å². The van der Waals surface area contributed by atoms with Crippen molar-refractivity contribution in [3.63, 3.8) is 0 Å². The van der Waals surface area contributed by atoms with Crippen LogP contribution in [0.3, 0.4) is 0 Å². The van der Waals surface area contributed by atoms with Crippen molar-refractivity contribution in [3.8, 4) is 22.7 Å². The van der Waals surface area contributed by atoms with Gasteiger partial charge in [0.2, 0.25) is 0 Å². The Morgan fingerprint density at radius 1 is 1.00 bits per heavy atom. The van der Waals surface area contributed by atoms with E-state index in [9.17, 15) is 9.50 Å². The standard InChI is InChI=1S/C15H9Cl2FN2O/c16-9-5-10(17)7-12(6-9)20-14(3-4-19-20)13-2-1-11(18)8-15(13)21/h1-8,21H. The lowest BCUT2D eigenvalue weighted by Crippen LogP contribution is -1.99. The first-order valence-electron chi connectivity index (χ1n) is 6.04. The molecule has 0 spiro atoms. The number of nitrogens with zero attached hydrogens (tertiary/aromatic N) is 2. The molecule has 1 heterocycles. The lowest BCUT2D eigenvalue weighted by atomic mass is 10.1. The van der Waals surface area contributed by atoms with Crippen molar-refractivity contribution in [1.29, 1.82) is 0 Å². The third kappa shape index (κ3) is 2.73. The van der Waals surface area contributed by atoms with Crippen molar-refractivity contribution in [2.24, 2.45) is 0 Å².